The fourth-order valence-corrected chi connectivity index (χ4v) is 1.63. The molecule has 80 valence electrons. The molecule has 6 heteroatoms. The molecule has 0 aromatic carbocycles. The molecule has 6 nitrogen and oxygen atoms in total. The third-order valence-electron chi connectivity index (χ3n) is 2.41. The summed E-state index contributed by atoms with van der Waals surface area (Å²) in [5, 5.41) is 6.99. The van der Waals surface area contributed by atoms with E-state index in [0.29, 0.717) is 16.9 Å². The minimum atomic E-state index is -0.145. The molecular formula is C10H9N5O. The molecule has 3 aromatic rings. The van der Waals surface area contributed by atoms with Gasteiger partial charge in [0.25, 0.3) is 5.56 Å². The van der Waals surface area contributed by atoms with E-state index in [1.54, 1.807) is 35.4 Å². The molecule has 0 radical (unpaired) electrons. The third-order valence-corrected chi connectivity index (χ3v) is 2.41. The lowest BCUT2D eigenvalue weighted by atomic mass is 10.2. The number of nitrogens with zero attached hydrogens (tertiary/aromatic N) is 4. The van der Waals surface area contributed by atoms with Crippen LogP contribution in [0.25, 0.3) is 16.9 Å². The van der Waals surface area contributed by atoms with Gasteiger partial charge in [-0.15, -0.1) is 0 Å². The lowest BCUT2D eigenvalue weighted by molar-refractivity contribution is 0.769. The predicted octanol–water partition coefficient (Wildman–Crippen LogP) is 0.423. The summed E-state index contributed by atoms with van der Waals surface area (Å²) in [6, 6.07) is 3.53. The maximum atomic E-state index is 12.0. The first-order valence-corrected chi connectivity index (χ1v) is 4.81. The van der Waals surface area contributed by atoms with Crippen molar-refractivity contribution in [3.05, 3.63) is 41.1 Å². The Morgan fingerprint density at radius 2 is 2.25 bits per heavy atom. The van der Waals surface area contributed by atoms with Gasteiger partial charge < -0.3 is 0 Å². The number of rotatable bonds is 1. The number of aryl methyl sites for hydroxylation is 1. The Morgan fingerprint density at radius 3 is 3.00 bits per heavy atom. The van der Waals surface area contributed by atoms with E-state index in [0.717, 1.165) is 0 Å². The number of fused-ring (bicyclic) bond motifs is 1. The van der Waals surface area contributed by atoms with Crippen LogP contribution in [-0.2, 0) is 7.05 Å². The van der Waals surface area contributed by atoms with Gasteiger partial charge in [0, 0.05) is 31.7 Å². The second-order valence-corrected chi connectivity index (χ2v) is 3.51. The van der Waals surface area contributed by atoms with Crippen LogP contribution in [0.1, 0.15) is 0 Å². The number of H-pyrrole nitrogens is 1. The maximum absolute atomic E-state index is 12.0. The van der Waals surface area contributed by atoms with Crippen LogP contribution in [0.4, 0.5) is 0 Å². The van der Waals surface area contributed by atoms with Crippen LogP contribution in [0.15, 0.2) is 35.5 Å². The number of aromatic nitrogens is 5. The number of hydrogen-bond acceptors (Lipinski definition) is 3. The van der Waals surface area contributed by atoms with E-state index in [4.69, 9.17) is 0 Å². The summed E-state index contributed by atoms with van der Waals surface area (Å²) in [4.78, 5) is 16.2. The molecule has 0 aliphatic rings. The number of nitrogens with one attached hydrogen (secondary N) is 1. The molecule has 16 heavy (non-hydrogen) atoms. The molecule has 0 saturated carbocycles. The minimum Gasteiger partial charge on any atom is -0.297 e. The summed E-state index contributed by atoms with van der Waals surface area (Å²) >= 11 is 0. The van der Waals surface area contributed by atoms with Gasteiger partial charge in [-0.05, 0) is 6.07 Å². The van der Waals surface area contributed by atoms with Crippen molar-refractivity contribution in [2.24, 2.45) is 7.05 Å². The van der Waals surface area contributed by atoms with Crippen LogP contribution in [0.2, 0.25) is 0 Å². The van der Waals surface area contributed by atoms with Crippen LogP contribution in [-0.4, -0.2) is 24.4 Å². The molecule has 0 aliphatic carbocycles. The van der Waals surface area contributed by atoms with E-state index in [2.05, 4.69) is 15.2 Å². The zero-order chi connectivity index (χ0) is 11.1. The highest BCUT2D eigenvalue weighted by atomic mass is 16.1. The Balaban J connectivity index is 2.32. The summed E-state index contributed by atoms with van der Waals surface area (Å²) in [6.07, 6.45) is 5.01. The molecule has 1 N–H and O–H groups in total. The molecule has 3 aromatic heterocycles. The van der Waals surface area contributed by atoms with Crippen LogP contribution >= 0.6 is 0 Å². The van der Waals surface area contributed by atoms with Gasteiger partial charge in [-0.25, -0.2) is 9.50 Å². The van der Waals surface area contributed by atoms with Gasteiger partial charge in [-0.3, -0.25) is 14.6 Å². The monoisotopic (exact) mass is 215 g/mol. The molecule has 0 bridgehead atoms. The van der Waals surface area contributed by atoms with Crippen molar-refractivity contribution < 1.29 is 0 Å². The number of aromatic amines is 1. The fourth-order valence-electron chi connectivity index (χ4n) is 1.63. The molecule has 0 fully saturated rings. The molecule has 3 rings (SSSR count). The van der Waals surface area contributed by atoms with Gasteiger partial charge in [-0.2, -0.15) is 5.10 Å². The first-order chi connectivity index (χ1) is 7.75. The normalized spacial score (nSPS) is 11.1. The summed E-state index contributed by atoms with van der Waals surface area (Å²) < 4.78 is 3.04. The highest BCUT2D eigenvalue weighted by Gasteiger charge is 2.09. The second kappa shape index (κ2) is 3.06. The topological polar surface area (TPSA) is 68.0 Å². The van der Waals surface area contributed by atoms with E-state index < -0.39 is 0 Å². The van der Waals surface area contributed by atoms with Crippen LogP contribution in [0.5, 0.6) is 0 Å². The van der Waals surface area contributed by atoms with Gasteiger partial charge in [-0.1, -0.05) is 0 Å². The highest BCUT2D eigenvalue weighted by molar-refractivity contribution is 5.57. The lowest BCUT2D eigenvalue weighted by Crippen LogP contribution is -2.17. The van der Waals surface area contributed by atoms with E-state index in [-0.39, 0.29) is 5.56 Å². The Labute approximate surface area is 90.1 Å². The van der Waals surface area contributed by atoms with Crippen LogP contribution in [0.3, 0.4) is 0 Å². The molecular weight excluding hydrogens is 206 g/mol. The van der Waals surface area contributed by atoms with Crippen molar-refractivity contribution in [2.45, 2.75) is 0 Å². The largest absolute Gasteiger partial charge is 0.297 e. The van der Waals surface area contributed by atoms with Gasteiger partial charge in [0.1, 0.15) is 0 Å². The minimum absolute atomic E-state index is 0.145. The average Bonchev–Trinajstić information content (AvgIpc) is 2.87. The standard InChI is InChI=1S/C10H9N5O/c1-14-5-3-8(13-14)7-6-11-9-2-4-12-15(9)10(7)16/h2-6,12H,1H3. The van der Waals surface area contributed by atoms with Crippen molar-refractivity contribution in [3.8, 4) is 11.3 Å². The Kier molecular flexibility index (Phi) is 1.70. The lowest BCUT2D eigenvalue weighted by Gasteiger charge is -1.96. The van der Waals surface area contributed by atoms with E-state index >= 15 is 0 Å². The Hall–Kier alpha value is -2.37. The van der Waals surface area contributed by atoms with Crippen LogP contribution in [0, 0.1) is 0 Å². The SMILES string of the molecule is Cn1ccc(-c2cnc3cc[nH]n3c2=O)n1. The zero-order valence-electron chi connectivity index (χ0n) is 8.58. The predicted molar refractivity (Wildman–Crippen MR) is 58.0 cm³/mol. The van der Waals surface area contributed by atoms with E-state index in [1.165, 1.54) is 4.52 Å². The van der Waals surface area contributed by atoms with Crippen LogP contribution < -0.4 is 5.56 Å². The molecule has 0 unspecified atom stereocenters. The Bertz CT molecular complexity index is 705. The van der Waals surface area contributed by atoms with Crippen molar-refractivity contribution in [2.75, 3.05) is 0 Å². The second-order valence-electron chi connectivity index (χ2n) is 3.51. The summed E-state index contributed by atoms with van der Waals surface area (Å²) in [5.41, 5.74) is 1.57. The van der Waals surface area contributed by atoms with E-state index in [9.17, 15) is 4.79 Å². The highest BCUT2D eigenvalue weighted by Crippen LogP contribution is 2.10. The molecule has 0 atom stereocenters. The first kappa shape index (κ1) is 8.90. The van der Waals surface area contributed by atoms with Crippen molar-refractivity contribution in [1.29, 1.82) is 0 Å². The van der Waals surface area contributed by atoms with Crippen molar-refractivity contribution in [3.63, 3.8) is 0 Å². The van der Waals surface area contributed by atoms with Crippen molar-refractivity contribution in [1.82, 2.24) is 24.4 Å². The average molecular weight is 215 g/mol. The third kappa shape index (κ3) is 1.16. The molecule has 0 amide bonds. The smallest absolute Gasteiger partial charge is 0.282 e. The first-order valence-electron chi connectivity index (χ1n) is 4.81. The maximum Gasteiger partial charge on any atom is 0.282 e. The van der Waals surface area contributed by atoms with Gasteiger partial charge in [0.05, 0.1) is 11.3 Å². The number of hydrogen-bond donors (Lipinski definition) is 1. The summed E-state index contributed by atoms with van der Waals surface area (Å²) in [7, 11) is 1.81. The molecule has 3 heterocycles. The van der Waals surface area contributed by atoms with Gasteiger partial charge >= 0.3 is 0 Å². The fraction of sp³-hybridized carbons (Fsp3) is 0.100. The zero-order valence-corrected chi connectivity index (χ0v) is 8.58. The molecule has 0 saturated heterocycles. The molecule has 0 aliphatic heterocycles. The Morgan fingerprint density at radius 1 is 1.38 bits per heavy atom. The molecule has 0 spiro atoms. The van der Waals surface area contributed by atoms with E-state index in [1.807, 2.05) is 7.05 Å². The summed E-state index contributed by atoms with van der Waals surface area (Å²) in [5.74, 6) is 0. The van der Waals surface area contributed by atoms with Crippen molar-refractivity contribution >= 4 is 5.65 Å². The summed E-state index contributed by atoms with van der Waals surface area (Å²) in [6.45, 7) is 0. The van der Waals surface area contributed by atoms with Gasteiger partial charge in [0.2, 0.25) is 0 Å². The quantitative estimate of drug-likeness (QED) is 0.639. The van der Waals surface area contributed by atoms with Gasteiger partial charge in [0.15, 0.2) is 5.65 Å².